The molecule has 180 valence electrons. The summed E-state index contributed by atoms with van der Waals surface area (Å²) in [5.74, 6) is 2.71. The van der Waals surface area contributed by atoms with Crippen LogP contribution in [-0.2, 0) is 4.84 Å². The first-order valence-corrected chi connectivity index (χ1v) is 11.9. The van der Waals surface area contributed by atoms with Crippen molar-refractivity contribution in [1.29, 1.82) is 0 Å². The molecule has 5 heteroatoms. The van der Waals surface area contributed by atoms with Gasteiger partial charge in [-0.2, -0.15) is 0 Å². The van der Waals surface area contributed by atoms with Crippen LogP contribution in [0.3, 0.4) is 0 Å². The summed E-state index contributed by atoms with van der Waals surface area (Å²) in [6.07, 6.45) is 7.15. The van der Waals surface area contributed by atoms with Gasteiger partial charge in [0.2, 0.25) is 0 Å². The molecule has 3 rings (SSSR count). The summed E-state index contributed by atoms with van der Waals surface area (Å²) in [7, 11) is 1.55. The number of hydrogen-bond acceptors (Lipinski definition) is 5. The zero-order valence-electron chi connectivity index (χ0n) is 21.2. The molecule has 1 saturated carbocycles. The van der Waals surface area contributed by atoms with E-state index in [9.17, 15) is 0 Å². The van der Waals surface area contributed by atoms with Crippen molar-refractivity contribution in [2.24, 2.45) is 5.16 Å². The van der Waals surface area contributed by atoms with Crippen molar-refractivity contribution in [3.8, 4) is 17.2 Å². The molecule has 33 heavy (non-hydrogen) atoms. The maximum Gasteiger partial charge on any atom is 0.125 e. The first-order chi connectivity index (χ1) is 16.0. The Kier molecular flexibility index (Phi) is 10.8. The van der Waals surface area contributed by atoms with Crippen LogP contribution in [0.4, 0.5) is 0 Å². The first-order valence-electron chi connectivity index (χ1n) is 11.9. The number of benzene rings is 2. The number of aryl methyl sites for hydroxylation is 2. The lowest BCUT2D eigenvalue weighted by molar-refractivity contribution is 0.164. The highest BCUT2D eigenvalue weighted by atomic mass is 16.6. The van der Waals surface area contributed by atoms with Gasteiger partial charge in [-0.25, -0.2) is 0 Å². The molecule has 0 bridgehead atoms. The highest BCUT2D eigenvalue weighted by molar-refractivity contribution is 5.98. The molecule has 0 N–H and O–H groups in total. The van der Waals surface area contributed by atoms with E-state index < -0.39 is 0 Å². The minimum atomic E-state index is 0.160. The molecule has 2 aromatic carbocycles. The molecule has 2 atom stereocenters. The van der Waals surface area contributed by atoms with Gasteiger partial charge in [0.25, 0.3) is 0 Å². The standard InChI is InChI=1S/C26H33NO4.C2H6/c1-6-7-14-29-25-15-18(2)26(19(3)16-25)31-24-13-12-23(17-24)30-22-10-8-21(9-11-22)20(4)27-28-5;1-2/h6-11,15-16,23-24H,12-14,17H2,1-5H3;1-2H3/b7-6+,27-20-;. The Hall–Kier alpha value is -2.95. The summed E-state index contributed by atoms with van der Waals surface area (Å²) in [4.78, 5) is 4.83. The smallest absolute Gasteiger partial charge is 0.125 e. The zero-order chi connectivity index (χ0) is 24.2. The lowest BCUT2D eigenvalue weighted by Gasteiger charge is -2.19. The van der Waals surface area contributed by atoms with Gasteiger partial charge in [0.05, 0.1) is 5.71 Å². The molecule has 0 amide bonds. The Labute approximate surface area is 199 Å². The van der Waals surface area contributed by atoms with E-state index in [1.54, 1.807) is 7.11 Å². The van der Waals surface area contributed by atoms with E-state index in [-0.39, 0.29) is 12.2 Å². The van der Waals surface area contributed by atoms with Crippen molar-refractivity contribution in [3.05, 3.63) is 65.2 Å². The summed E-state index contributed by atoms with van der Waals surface area (Å²) in [6.45, 7) is 12.6. The fraction of sp³-hybridized carbons (Fsp3) is 0.464. The number of oxime groups is 1. The Morgan fingerprint density at radius 2 is 1.58 bits per heavy atom. The second-order valence-electron chi connectivity index (χ2n) is 7.94. The molecule has 0 aromatic heterocycles. The largest absolute Gasteiger partial charge is 0.490 e. The zero-order valence-corrected chi connectivity index (χ0v) is 21.2. The number of nitrogens with zero attached hydrogens (tertiary/aromatic N) is 1. The molecule has 5 nitrogen and oxygen atoms in total. The van der Waals surface area contributed by atoms with Crippen LogP contribution >= 0.6 is 0 Å². The lowest BCUT2D eigenvalue weighted by atomic mass is 10.1. The van der Waals surface area contributed by atoms with Gasteiger partial charge >= 0.3 is 0 Å². The summed E-state index contributed by atoms with van der Waals surface area (Å²) in [5.41, 5.74) is 4.06. The molecule has 0 aliphatic heterocycles. The molecule has 1 aliphatic carbocycles. The number of rotatable bonds is 9. The highest BCUT2D eigenvalue weighted by Crippen LogP contribution is 2.33. The average Bonchev–Trinajstić information content (AvgIpc) is 3.25. The maximum atomic E-state index is 6.38. The van der Waals surface area contributed by atoms with Crippen LogP contribution in [-0.4, -0.2) is 31.6 Å². The monoisotopic (exact) mass is 453 g/mol. The van der Waals surface area contributed by atoms with Gasteiger partial charge < -0.3 is 19.0 Å². The molecule has 2 aromatic rings. The second kappa shape index (κ2) is 13.6. The average molecular weight is 454 g/mol. The van der Waals surface area contributed by atoms with Crippen molar-refractivity contribution in [1.82, 2.24) is 0 Å². The van der Waals surface area contributed by atoms with Crippen molar-refractivity contribution in [2.45, 2.75) is 73.0 Å². The third-order valence-corrected chi connectivity index (χ3v) is 5.44. The predicted molar refractivity (Wildman–Crippen MR) is 136 cm³/mol. The third kappa shape index (κ3) is 7.85. The molecule has 0 saturated heterocycles. The molecule has 0 heterocycles. The molecular formula is C28H39NO4. The van der Waals surface area contributed by atoms with Crippen LogP contribution in [0.2, 0.25) is 0 Å². The normalized spacial score (nSPS) is 18.0. The number of ether oxygens (including phenoxy) is 3. The first kappa shape index (κ1) is 26.3. The number of allylic oxidation sites excluding steroid dienone is 1. The third-order valence-electron chi connectivity index (χ3n) is 5.44. The maximum absolute atomic E-state index is 6.38. The van der Waals surface area contributed by atoms with Crippen molar-refractivity contribution in [3.63, 3.8) is 0 Å². The topological polar surface area (TPSA) is 49.3 Å². The minimum absolute atomic E-state index is 0.160. The van der Waals surface area contributed by atoms with E-state index in [0.717, 1.165) is 58.9 Å². The summed E-state index contributed by atoms with van der Waals surface area (Å²) >= 11 is 0. The van der Waals surface area contributed by atoms with Crippen LogP contribution in [0.1, 0.15) is 63.6 Å². The van der Waals surface area contributed by atoms with Crippen LogP contribution in [0.15, 0.2) is 53.7 Å². The number of hydrogen-bond donors (Lipinski definition) is 0. The molecule has 0 spiro atoms. The van der Waals surface area contributed by atoms with E-state index in [0.29, 0.717) is 6.61 Å². The van der Waals surface area contributed by atoms with E-state index in [1.807, 2.05) is 76.2 Å². The molecule has 1 fully saturated rings. The molecule has 0 radical (unpaired) electrons. The lowest BCUT2D eigenvalue weighted by Crippen LogP contribution is -2.18. The quantitative estimate of drug-likeness (QED) is 0.232. The summed E-state index contributed by atoms with van der Waals surface area (Å²) in [5, 5.41) is 3.96. The van der Waals surface area contributed by atoms with Gasteiger partial charge in [0.15, 0.2) is 0 Å². The van der Waals surface area contributed by atoms with Crippen LogP contribution < -0.4 is 14.2 Å². The van der Waals surface area contributed by atoms with Crippen molar-refractivity contribution in [2.75, 3.05) is 13.7 Å². The van der Waals surface area contributed by atoms with E-state index >= 15 is 0 Å². The fourth-order valence-corrected chi connectivity index (χ4v) is 3.86. The van der Waals surface area contributed by atoms with Crippen molar-refractivity contribution < 1.29 is 19.0 Å². The van der Waals surface area contributed by atoms with E-state index in [1.165, 1.54) is 0 Å². The van der Waals surface area contributed by atoms with Gasteiger partial charge in [-0.1, -0.05) is 31.2 Å². The van der Waals surface area contributed by atoms with E-state index in [2.05, 4.69) is 19.0 Å². The van der Waals surface area contributed by atoms with Gasteiger partial charge in [0.1, 0.15) is 43.2 Å². The van der Waals surface area contributed by atoms with Gasteiger partial charge in [0, 0.05) is 6.42 Å². The summed E-state index contributed by atoms with van der Waals surface area (Å²) < 4.78 is 18.4. The fourth-order valence-electron chi connectivity index (χ4n) is 3.86. The second-order valence-corrected chi connectivity index (χ2v) is 7.94. The van der Waals surface area contributed by atoms with Crippen molar-refractivity contribution >= 4 is 5.71 Å². The van der Waals surface area contributed by atoms with Gasteiger partial charge in [-0.05, 0) is 93.6 Å². The highest BCUT2D eigenvalue weighted by Gasteiger charge is 2.28. The Bertz CT molecular complexity index is 895. The Morgan fingerprint density at radius 1 is 0.970 bits per heavy atom. The van der Waals surface area contributed by atoms with Crippen LogP contribution in [0, 0.1) is 13.8 Å². The Balaban J connectivity index is 0.00000187. The molecule has 1 aliphatic rings. The van der Waals surface area contributed by atoms with Crippen LogP contribution in [0.5, 0.6) is 17.2 Å². The van der Waals surface area contributed by atoms with E-state index in [4.69, 9.17) is 19.0 Å². The predicted octanol–water partition coefficient (Wildman–Crippen LogP) is 7.03. The molecular weight excluding hydrogens is 414 g/mol. The van der Waals surface area contributed by atoms with Crippen LogP contribution in [0.25, 0.3) is 0 Å². The van der Waals surface area contributed by atoms with Gasteiger partial charge in [-0.15, -0.1) is 0 Å². The minimum Gasteiger partial charge on any atom is -0.490 e. The van der Waals surface area contributed by atoms with Gasteiger partial charge in [-0.3, -0.25) is 0 Å². The Morgan fingerprint density at radius 3 is 2.15 bits per heavy atom. The summed E-state index contributed by atoms with van der Waals surface area (Å²) in [6, 6.07) is 12.1. The SMILES string of the molecule is C/C=C/COc1cc(C)c(OC2CCC(Oc3ccc(/C(C)=N\OC)cc3)C2)c(C)c1.CC. The molecule has 2 unspecified atom stereocenters.